The predicted octanol–water partition coefficient (Wildman–Crippen LogP) is 5.69. The average Bonchev–Trinajstić information content (AvgIpc) is 3.12. The maximum Gasteiger partial charge on any atom is 0.119 e. The second-order valence-electron chi connectivity index (χ2n) is 6.84. The lowest BCUT2D eigenvalue weighted by Gasteiger charge is -2.37. The number of rotatable bonds is 5. The molecule has 4 rings (SSSR count). The molecule has 1 aliphatic carbocycles. The summed E-state index contributed by atoms with van der Waals surface area (Å²) in [6, 6.07) is 17.7. The Morgan fingerprint density at radius 2 is 2.00 bits per heavy atom. The molecule has 2 aliphatic rings. The zero-order valence-corrected chi connectivity index (χ0v) is 14.2. The van der Waals surface area contributed by atoms with Gasteiger partial charge in [-0.3, -0.25) is 0 Å². The molecule has 0 spiro atoms. The van der Waals surface area contributed by atoms with Gasteiger partial charge >= 0.3 is 0 Å². The van der Waals surface area contributed by atoms with Crippen molar-refractivity contribution >= 4 is 5.69 Å². The van der Waals surface area contributed by atoms with Crippen LogP contribution in [0.5, 0.6) is 5.75 Å². The summed E-state index contributed by atoms with van der Waals surface area (Å²) in [6.07, 6.45) is 8.14. The highest BCUT2D eigenvalue weighted by Gasteiger charge is 2.37. The minimum Gasteiger partial charge on any atom is -0.494 e. The van der Waals surface area contributed by atoms with Crippen molar-refractivity contribution < 1.29 is 4.74 Å². The minimum atomic E-state index is 0.380. The third-order valence-corrected chi connectivity index (χ3v) is 5.26. The first-order valence-corrected chi connectivity index (χ1v) is 9.11. The van der Waals surface area contributed by atoms with Crippen LogP contribution in [0.25, 0.3) is 0 Å². The Morgan fingerprint density at radius 1 is 1.12 bits per heavy atom. The molecule has 0 radical (unpaired) electrons. The van der Waals surface area contributed by atoms with Gasteiger partial charge < -0.3 is 10.1 Å². The Hall–Kier alpha value is -2.22. The van der Waals surface area contributed by atoms with Crippen molar-refractivity contribution in [3.63, 3.8) is 0 Å². The van der Waals surface area contributed by atoms with Crippen LogP contribution in [-0.2, 0) is 0 Å². The van der Waals surface area contributed by atoms with E-state index in [-0.39, 0.29) is 0 Å². The lowest BCUT2D eigenvalue weighted by atomic mass is 9.77. The highest BCUT2D eigenvalue weighted by atomic mass is 16.5. The number of nitrogens with one attached hydrogen (secondary N) is 1. The molecule has 0 aromatic heterocycles. The molecule has 124 valence electrons. The fraction of sp³-hybridized carbons (Fsp3) is 0.364. The fourth-order valence-corrected chi connectivity index (χ4v) is 3.99. The maximum atomic E-state index is 5.92. The van der Waals surface area contributed by atoms with Crippen LogP contribution in [0.15, 0.2) is 60.7 Å². The number of hydrogen-bond acceptors (Lipinski definition) is 2. The van der Waals surface area contributed by atoms with E-state index in [1.165, 1.54) is 23.2 Å². The van der Waals surface area contributed by atoms with Crippen molar-refractivity contribution in [2.75, 3.05) is 11.9 Å². The number of ether oxygens (including phenoxy) is 1. The van der Waals surface area contributed by atoms with Gasteiger partial charge in [0.05, 0.1) is 12.6 Å². The van der Waals surface area contributed by atoms with Gasteiger partial charge in [0.2, 0.25) is 0 Å². The molecular weight excluding hydrogens is 294 g/mol. The summed E-state index contributed by atoms with van der Waals surface area (Å²) in [5.74, 6) is 2.08. The Labute approximate surface area is 144 Å². The first-order chi connectivity index (χ1) is 11.9. The second kappa shape index (κ2) is 6.72. The fourth-order valence-electron chi connectivity index (χ4n) is 3.99. The summed E-state index contributed by atoms with van der Waals surface area (Å²) in [5, 5.41) is 3.78. The number of benzene rings is 2. The minimum absolute atomic E-state index is 0.380. The number of anilines is 1. The third-order valence-electron chi connectivity index (χ3n) is 5.26. The number of hydrogen-bond donors (Lipinski definition) is 1. The van der Waals surface area contributed by atoms with Crippen LogP contribution >= 0.6 is 0 Å². The molecule has 1 aliphatic heterocycles. The molecule has 1 N–H and O–H groups in total. The molecule has 0 fully saturated rings. The van der Waals surface area contributed by atoms with E-state index >= 15 is 0 Å². The van der Waals surface area contributed by atoms with E-state index in [4.69, 9.17) is 4.74 Å². The number of allylic oxidation sites excluding steroid dienone is 2. The van der Waals surface area contributed by atoms with Crippen LogP contribution < -0.4 is 10.1 Å². The van der Waals surface area contributed by atoms with E-state index in [0.717, 1.165) is 25.2 Å². The van der Waals surface area contributed by atoms with Gasteiger partial charge in [0.1, 0.15) is 5.75 Å². The lowest BCUT2D eigenvalue weighted by Crippen LogP contribution is -2.29. The van der Waals surface area contributed by atoms with Gasteiger partial charge in [-0.2, -0.15) is 0 Å². The molecule has 3 unspecified atom stereocenters. The van der Waals surface area contributed by atoms with Gasteiger partial charge in [-0.1, -0.05) is 55.8 Å². The molecule has 1 heterocycles. The van der Waals surface area contributed by atoms with E-state index in [0.29, 0.717) is 17.9 Å². The van der Waals surface area contributed by atoms with Crippen LogP contribution in [0.3, 0.4) is 0 Å². The quantitative estimate of drug-likeness (QED) is 0.564. The first kappa shape index (κ1) is 15.3. The largest absolute Gasteiger partial charge is 0.494 e. The zero-order valence-electron chi connectivity index (χ0n) is 14.2. The summed E-state index contributed by atoms with van der Waals surface area (Å²) in [6.45, 7) is 3.00. The topological polar surface area (TPSA) is 21.3 Å². The Bertz CT molecular complexity index is 722. The average molecular weight is 319 g/mol. The van der Waals surface area contributed by atoms with Crippen LogP contribution in [0, 0.1) is 5.92 Å². The summed E-state index contributed by atoms with van der Waals surface area (Å²) in [5.41, 5.74) is 4.01. The highest BCUT2D eigenvalue weighted by molar-refractivity contribution is 5.61. The highest BCUT2D eigenvalue weighted by Crippen LogP contribution is 2.50. The first-order valence-electron chi connectivity index (χ1n) is 9.11. The van der Waals surface area contributed by atoms with E-state index in [1.54, 1.807) is 0 Å². The molecule has 0 saturated carbocycles. The van der Waals surface area contributed by atoms with Crippen molar-refractivity contribution in [3.8, 4) is 5.75 Å². The van der Waals surface area contributed by atoms with E-state index in [1.807, 2.05) is 0 Å². The van der Waals surface area contributed by atoms with E-state index < -0.39 is 0 Å². The van der Waals surface area contributed by atoms with Gasteiger partial charge in [0.25, 0.3) is 0 Å². The van der Waals surface area contributed by atoms with Gasteiger partial charge in [-0.25, -0.2) is 0 Å². The van der Waals surface area contributed by atoms with Gasteiger partial charge in [-0.05, 0) is 48.1 Å². The van der Waals surface area contributed by atoms with Crippen LogP contribution in [-0.4, -0.2) is 6.61 Å². The lowest BCUT2D eigenvalue weighted by molar-refractivity contribution is 0.308. The van der Waals surface area contributed by atoms with Gasteiger partial charge in [-0.15, -0.1) is 0 Å². The predicted molar refractivity (Wildman–Crippen MR) is 99.6 cm³/mol. The van der Waals surface area contributed by atoms with Gasteiger partial charge in [0, 0.05) is 11.6 Å². The van der Waals surface area contributed by atoms with E-state index in [2.05, 4.69) is 72.9 Å². The maximum absolute atomic E-state index is 5.92. The van der Waals surface area contributed by atoms with Gasteiger partial charge in [0.15, 0.2) is 0 Å². The molecule has 0 bridgehead atoms. The van der Waals surface area contributed by atoms with E-state index in [9.17, 15) is 0 Å². The summed E-state index contributed by atoms with van der Waals surface area (Å²) in [7, 11) is 0. The van der Waals surface area contributed by atoms with Crippen molar-refractivity contribution in [1.29, 1.82) is 0 Å². The summed E-state index contributed by atoms with van der Waals surface area (Å²) < 4.78 is 5.92. The third kappa shape index (κ3) is 2.82. The zero-order chi connectivity index (χ0) is 16.4. The van der Waals surface area contributed by atoms with Crippen LogP contribution in [0.1, 0.15) is 49.3 Å². The van der Waals surface area contributed by atoms with Crippen molar-refractivity contribution in [2.24, 2.45) is 5.92 Å². The van der Waals surface area contributed by atoms with Crippen molar-refractivity contribution in [3.05, 3.63) is 71.8 Å². The monoisotopic (exact) mass is 319 g/mol. The molecule has 0 saturated heterocycles. The summed E-state index contributed by atoms with van der Waals surface area (Å²) in [4.78, 5) is 0. The Kier molecular flexibility index (Phi) is 4.29. The second-order valence-corrected chi connectivity index (χ2v) is 6.84. The summed E-state index contributed by atoms with van der Waals surface area (Å²) >= 11 is 0. The van der Waals surface area contributed by atoms with Crippen LogP contribution in [0.4, 0.5) is 5.69 Å². The molecule has 2 nitrogen and oxygen atoms in total. The van der Waals surface area contributed by atoms with Crippen molar-refractivity contribution in [1.82, 2.24) is 0 Å². The molecule has 0 amide bonds. The van der Waals surface area contributed by atoms with Crippen molar-refractivity contribution in [2.45, 2.75) is 38.1 Å². The SMILES string of the molecule is CCCCOc1ccc2c(c1)C1C=CCC1C(c1ccccc1)N2. The molecule has 3 atom stereocenters. The Balaban J connectivity index is 1.63. The molecule has 2 heteroatoms. The number of fused-ring (bicyclic) bond motifs is 3. The Morgan fingerprint density at radius 3 is 2.83 bits per heavy atom. The molecule has 2 aromatic rings. The molecular formula is C22H25NO. The van der Waals surface area contributed by atoms with Crippen LogP contribution in [0.2, 0.25) is 0 Å². The number of unbranched alkanes of at least 4 members (excludes halogenated alkanes) is 1. The normalized spacial score (nSPS) is 24.1. The molecule has 2 aromatic carbocycles. The molecule has 24 heavy (non-hydrogen) atoms. The standard InChI is InChI=1S/C22H25NO/c1-2-3-14-24-17-12-13-21-20(15-17)18-10-7-11-19(18)22(23-21)16-8-5-4-6-9-16/h4-10,12-13,15,18-19,22-23H,2-3,11,14H2,1H3. The smallest absolute Gasteiger partial charge is 0.119 e.